The monoisotopic (exact) mass is 782 g/mol. The van der Waals surface area contributed by atoms with Crippen LogP contribution in [0.5, 0.6) is 0 Å². The lowest BCUT2D eigenvalue weighted by Gasteiger charge is -2.27. The van der Waals surface area contributed by atoms with Gasteiger partial charge in [-0.1, -0.05) is 264 Å². The van der Waals surface area contributed by atoms with Crippen LogP contribution in [0.2, 0.25) is 0 Å². The van der Waals surface area contributed by atoms with Gasteiger partial charge in [0.2, 0.25) is 5.91 Å². The smallest absolute Gasteiger partial charge is 0.249 e. The summed E-state index contributed by atoms with van der Waals surface area (Å²) in [5, 5.41) is 43.8. The Bertz CT molecular complexity index is 751. The van der Waals surface area contributed by atoms with E-state index in [0.717, 1.165) is 38.5 Å². The number of hydrogen-bond donors (Lipinski definition) is 5. The molecule has 0 saturated heterocycles. The molecule has 0 aliphatic heterocycles. The fourth-order valence-electron chi connectivity index (χ4n) is 8.11. The van der Waals surface area contributed by atoms with Crippen molar-refractivity contribution in [3.63, 3.8) is 0 Å². The van der Waals surface area contributed by atoms with Crippen LogP contribution < -0.4 is 5.32 Å². The highest BCUT2D eigenvalue weighted by Crippen LogP contribution is 2.18. The minimum absolute atomic E-state index is 0.376. The van der Waals surface area contributed by atoms with Gasteiger partial charge < -0.3 is 25.7 Å². The highest BCUT2D eigenvalue weighted by molar-refractivity contribution is 5.80. The summed E-state index contributed by atoms with van der Waals surface area (Å²) in [6.07, 6.45) is 48.7. The minimum atomic E-state index is -1.25. The summed E-state index contributed by atoms with van der Waals surface area (Å²) in [7, 11) is 0. The van der Waals surface area contributed by atoms with E-state index < -0.39 is 36.9 Å². The zero-order valence-electron chi connectivity index (χ0n) is 37.2. The van der Waals surface area contributed by atoms with Crippen molar-refractivity contribution in [2.45, 2.75) is 301 Å². The van der Waals surface area contributed by atoms with E-state index in [0.29, 0.717) is 12.8 Å². The third kappa shape index (κ3) is 38.6. The third-order valence-corrected chi connectivity index (χ3v) is 12.1. The number of rotatable bonds is 46. The van der Waals surface area contributed by atoms with Crippen LogP contribution in [0.25, 0.3) is 0 Å². The highest BCUT2D eigenvalue weighted by Gasteiger charge is 2.28. The van der Waals surface area contributed by atoms with E-state index >= 15 is 0 Å². The Morgan fingerprint density at radius 3 is 0.873 bits per heavy atom. The van der Waals surface area contributed by atoms with Crippen LogP contribution in [0.4, 0.5) is 0 Å². The summed E-state index contributed by atoms with van der Waals surface area (Å²) in [5.74, 6) is -0.578. The van der Waals surface area contributed by atoms with E-state index in [2.05, 4.69) is 19.2 Å². The van der Waals surface area contributed by atoms with Gasteiger partial charge >= 0.3 is 0 Å². The van der Waals surface area contributed by atoms with E-state index in [-0.39, 0.29) is 0 Å². The molecule has 0 aromatic carbocycles. The molecule has 0 saturated carbocycles. The third-order valence-electron chi connectivity index (χ3n) is 12.1. The molecule has 5 N–H and O–H groups in total. The molecular weight excluding hydrogens is 683 g/mol. The van der Waals surface area contributed by atoms with Gasteiger partial charge in [0, 0.05) is 0 Å². The Kier molecular flexibility index (Phi) is 43.9. The van der Waals surface area contributed by atoms with Crippen LogP contribution in [0, 0.1) is 0 Å². The predicted molar refractivity (Wildman–Crippen MR) is 238 cm³/mol. The second-order valence-corrected chi connectivity index (χ2v) is 17.5. The van der Waals surface area contributed by atoms with Gasteiger partial charge in [-0.25, -0.2) is 0 Å². The maximum Gasteiger partial charge on any atom is 0.249 e. The van der Waals surface area contributed by atoms with Crippen LogP contribution in [0.15, 0.2) is 0 Å². The summed E-state index contributed by atoms with van der Waals surface area (Å²) in [4.78, 5) is 12.5. The van der Waals surface area contributed by atoms with E-state index in [1.807, 2.05) is 0 Å². The molecule has 0 radical (unpaired) electrons. The topological polar surface area (TPSA) is 110 Å². The van der Waals surface area contributed by atoms with Gasteiger partial charge in [-0.3, -0.25) is 4.79 Å². The van der Waals surface area contributed by atoms with Crippen molar-refractivity contribution >= 4 is 5.91 Å². The summed E-state index contributed by atoms with van der Waals surface area (Å²) in [5.41, 5.74) is 0. The van der Waals surface area contributed by atoms with Crippen molar-refractivity contribution in [3.05, 3.63) is 0 Å². The second kappa shape index (κ2) is 44.4. The number of hydrogen-bond acceptors (Lipinski definition) is 5. The molecule has 6 heteroatoms. The molecule has 6 nitrogen and oxygen atoms in total. The minimum Gasteiger partial charge on any atom is -0.394 e. The lowest BCUT2D eigenvalue weighted by atomic mass is 9.99. The first-order chi connectivity index (χ1) is 27.0. The standard InChI is InChI=1S/C49H99NO5/c1-3-5-7-9-11-13-15-17-18-19-20-21-22-23-24-25-26-27-28-29-31-33-35-37-39-41-43-47(53)49(55)50-45(44-51)48(54)46(52)42-40-38-36-34-32-30-16-14-12-10-8-6-4-2/h45-48,51-54H,3-44H2,1-2H3,(H,50,55). The second-order valence-electron chi connectivity index (χ2n) is 17.5. The number of aliphatic hydroxyl groups excluding tert-OH is 4. The maximum atomic E-state index is 12.5. The zero-order chi connectivity index (χ0) is 40.3. The molecule has 4 unspecified atom stereocenters. The van der Waals surface area contributed by atoms with Crippen LogP contribution in [0.3, 0.4) is 0 Å². The van der Waals surface area contributed by atoms with Crippen molar-refractivity contribution in [2.24, 2.45) is 0 Å². The molecule has 0 aliphatic carbocycles. The summed E-state index contributed by atoms with van der Waals surface area (Å²) in [6, 6.07) is -0.979. The van der Waals surface area contributed by atoms with E-state index in [4.69, 9.17) is 0 Å². The molecular formula is C49H99NO5. The molecule has 0 aliphatic rings. The van der Waals surface area contributed by atoms with Gasteiger partial charge in [-0.05, 0) is 12.8 Å². The number of carbonyl (C=O) groups is 1. The van der Waals surface area contributed by atoms with Gasteiger partial charge in [0.05, 0.1) is 18.8 Å². The Balaban J connectivity index is 3.58. The van der Waals surface area contributed by atoms with Crippen LogP contribution in [-0.2, 0) is 4.79 Å². The van der Waals surface area contributed by atoms with E-state index in [1.165, 1.54) is 212 Å². The van der Waals surface area contributed by atoms with Crippen molar-refractivity contribution in [2.75, 3.05) is 6.61 Å². The number of nitrogens with one attached hydrogen (secondary N) is 1. The van der Waals surface area contributed by atoms with Crippen LogP contribution in [0.1, 0.15) is 277 Å². The molecule has 0 aromatic heterocycles. The molecule has 0 fully saturated rings. The number of aliphatic hydroxyl groups is 4. The van der Waals surface area contributed by atoms with E-state index in [9.17, 15) is 25.2 Å². The summed E-state index contributed by atoms with van der Waals surface area (Å²) in [6.45, 7) is 4.07. The van der Waals surface area contributed by atoms with Gasteiger partial charge in [0.1, 0.15) is 12.2 Å². The first-order valence-electron chi connectivity index (χ1n) is 24.9. The first kappa shape index (κ1) is 54.3. The van der Waals surface area contributed by atoms with Gasteiger partial charge in [0.25, 0.3) is 0 Å². The molecule has 0 heterocycles. The summed E-state index contributed by atoms with van der Waals surface area (Å²) < 4.78 is 0. The molecule has 0 rings (SSSR count). The predicted octanol–water partition coefficient (Wildman–Crippen LogP) is 13.6. The average molecular weight is 782 g/mol. The van der Waals surface area contributed by atoms with Crippen molar-refractivity contribution in [1.29, 1.82) is 0 Å². The van der Waals surface area contributed by atoms with Gasteiger partial charge in [-0.15, -0.1) is 0 Å². The zero-order valence-corrected chi connectivity index (χ0v) is 37.2. The molecule has 0 spiro atoms. The summed E-state index contributed by atoms with van der Waals surface area (Å²) >= 11 is 0. The Labute approximate surface area is 343 Å². The highest BCUT2D eigenvalue weighted by atomic mass is 16.3. The first-order valence-corrected chi connectivity index (χ1v) is 24.9. The molecule has 55 heavy (non-hydrogen) atoms. The average Bonchev–Trinajstić information content (AvgIpc) is 3.19. The van der Waals surface area contributed by atoms with Crippen LogP contribution in [-0.4, -0.2) is 57.3 Å². The number of unbranched alkanes of at least 4 members (excludes halogenated alkanes) is 37. The number of amides is 1. The van der Waals surface area contributed by atoms with Crippen LogP contribution >= 0.6 is 0 Å². The SMILES string of the molecule is CCCCCCCCCCCCCCCCCCCCCCCCCCCCC(O)C(=O)NC(CO)C(O)C(O)CCCCCCCCCCCCCCC. The van der Waals surface area contributed by atoms with Crippen molar-refractivity contribution in [1.82, 2.24) is 5.32 Å². The fraction of sp³-hybridized carbons (Fsp3) is 0.980. The largest absolute Gasteiger partial charge is 0.394 e. The van der Waals surface area contributed by atoms with Crippen molar-refractivity contribution in [3.8, 4) is 0 Å². The van der Waals surface area contributed by atoms with Crippen molar-refractivity contribution < 1.29 is 25.2 Å². The molecule has 1 amide bonds. The lowest BCUT2D eigenvalue weighted by Crippen LogP contribution is -2.53. The fourth-order valence-corrected chi connectivity index (χ4v) is 8.11. The Morgan fingerprint density at radius 1 is 0.382 bits per heavy atom. The molecule has 330 valence electrons. The Hall–Kier alpha value is -0.690. The molecule has 4 atom stereocenters. The normalized spacial score (nSPS) is 13.9. The molecule has 0 aromatic rings. The molecule has 0 bridgehead atoms. The van der Waals surface area contributed by atoms with Gasteiger partial charge in [0.15, 0.2) is 0 Å². The maximum absolute atomic E-state index is 12.5. The Morgan fingerprint density at radius 2 is 0.618 bits per heavy atom. The van der Waals surface area contributed by atoms with Gasteiger partial charge in [-0.2, -0.15) is 0 Å². The number of carbonyl (C=O) groups excluding carboxylic acids is 1. The van der Waals surface area contributed by atoms with E-state index in [1.54, 1.807) is 0 Å². The quantitative estimate of drug-likeness (QED) is 0.0395. The lowest BCUT2D eigenvalue weighted by molar-refractivity contribution is -0.132.